The molecule has 0 radical (unpaired) electrons. The number of fused-ring (bicyclic) bond motifs is 2. The van der Waals surface area contributed by atoms with E-state index in [1.54, 1.807) is 25.1 Å². The van der Waals surface area contributed by atoms with Crippen LogP contribution in [0.15, 0.2) is 23.9 Å². The molecule has 1 saturated heterocycles. The zero-order valence-corrected chi connectivity index (χ0v) is 12.4. The normalized spacial score (nSPS) is 26.2. The van der Waals surface area contributed by atoms with Gasteiger partial charge < -0.3 is 24.6 Å². The lowest BCUT2D eigenvalue weighted by molar-refractivity contribution is -0.161. The molecule has 2 N–H and O–H groups in total. The van der Waals surface area contributed by atoms with Gasteiger partial charge in [-0.1, -0.05) is 6.07 Å². The summed E-state index contributed by atoms with van der Waals surface area (Å²) < 4.78 is 10.6. The van der Waals surface area contributed by atoms with E-state index in [-0.39, 0.29) is 24.4 Å². The highest BCUT2D eigenvalue weighted by Crippen LogP contribution is 2.48. The second kappa shape index (κ2) is 4.73. The molecule has 1 aromatic rings. The molecule has 1 amide bonds. The molecule has 0 spiro atoms. The first-order valence-corrected chi connectivity index (χ1v) is 7.36. The van der Waals surface area contributed by atoms with E-state index in [9.17, 15) is 19.8 Å². The van der Waals surface area contributed by atoms with Crippen LogP contribution in [-0.4, -0.2) is 45.9 Å². The summed E-state index contributed by atoms with van der Waals surface area (Å²) in [6.45, 7) is 1.69. The number of aliphatic hydroxyl groups excluding tert-OH is 1. The molecule has 23 heavy (non-hydrogen) atoms. The Hall–Kier alpha value is -2.54. The van der Waals surface area contributed by atoms with Gasteiger partial charge in [0.05, 0.1) is 18.1 Å². The first-order valence-electron chi connectivity index (χ1n) is 7.36. The maximum Gasteiger partial charge on any atom is 0.352 e. The lowest BCUT2D eigenvalue weighted by Gasteiger charge is -2.44. The van der Waals surface area contributed by atoms with Crippen LogP contribution >= 0.6 is 0 Å². The van der Waals surface area contributed by atoms with Crippen molar-refractivity contribution in [3.8, 4) is 11.5 Å². The molecule has 0 saturated carbocycles. The first-order chi connectivity index (χ1) is 11.0. The molecule has 3 heterocycles. The van der Waals surface area contributed by atoms with Gasteiger partial charge in [0.1, 0.15) is 5.70 Å². The number of carbonyl (C=O) groups excluding carboxylic acids is 1. The third-order valence-electron chi connectivity index (χ3n) is 4.65. The van der Waals surface area contributed by atoms with Gasteiger partial charge in [-0.15, -0.1) is 0 Å². The summed E-state index contributed by atoms with van der Waals surface area (Å²) >= 11 is 0. The standard InChI is InChI=1S/C16H15NO6/c1-7(18)13-10-5-9(14(16(20)21)17(10)15(13)19)8-2-3-11-12(4-8)23-6-22-11/h2-4,7,10,13,18H,5-6H2,1H3,(H,20,21)/t7-,10-,13-/m1/s1. The summed E-state index contributed by atoms with van der Waals surface area (Å²) in [5.41, 5.74) is 1.27. The maximum atomic E-state index is 12.2. The molecular weight excluding hydrogens is 302 g/mol. The Morgan fingerprint density at radius 2 is 2.09 bits per heavy atom. The van der Waals surface area contributed by atoms with Crippen molar-refractivity contribution >= 4 is 17.4 Å². The highest BCUT2D eigenvalue weighted by atomic mass is 16.7. The number of aliphatic hydroxyl groups is 1. The third kappa shape index (κ3) is 1.86. The van der Waals surface area contributed by atoms with Crippen LogP contribution in [0, 0.1) is 5.92 Å². The van der Waals surface area contributed by atoms with Crippen molar-refractivity contribution in [2.75, 3.05) is 6.79 Å². The summed E-state index contributed by atoms with van der Waals surface area (Å²) in [5.74, 6) is -0.843. The number of hydrogen-bond acceptors (Lipinski definition) is 5. The minimum absolute atomic E-state index is 0.00392. The number of hydrogen-bond donors (Lipinski definition) is 2. The van der Waals surface area contributed by atoms with Gasteiger partial charge in [-0.25, -0.2) is 4.79 Å². The molecule has 7 heteroatoms. The summed E-state index contributed by atoms with van der Waals surface area (Å²) in [6.07, 6.45) is -0.391. The molecule has 1 aromatic carbocycles. The Kier molecular flexibility index (Phi) is 2.89. The molecule has 1 fully saturated rings. The van der Waals surface area contributed by atoms with Gasteiger partial charge in [-0.05, 0) is 36.6 Å². The molecular formula is C16H15NO6. The van der Waals surface area contributed by atoms with Crippen LogP contribution < -0.4 is 9.47 Å². The predicted octanol–water partition coefficient (Wildman–Crippen LogP) is 0.822. The minimum atomic E-state index is -1.14. The van der Waals surface area contributed by atoms with Crippen LogP contribution in [0.3, 0.4) is 0 Å². The zero-order valence-electron chi connectivity index (χ0n) is 12.4. The number of rotatable bonds is 3. The van der Waals surface area contributed by atoms with Crippen molar-refractivity contribution in [1.29, 1.82) is 0 Å². The molecule has 0 unspecified atom stereocenters. The monoisotopic (exact) mass is 317 g/mol. The quantitative estimate of drug-likeness (QED) is 0.801. The fourth-order valence-corrected chi connectivity index (χ4v) is 3.61. The number of carboxylic acids is 1. The van der Waals surface area contributed by atoms with E-state index < -0.39 is 18.0 Å². The van der Waals surface area contributed by atoms with Crippen molar-refractivity contribution in [2.24, 2.45) is 5.92 Å². The molecule has 0 bridgehead atoms. The van der Waals surface area contributed by atoms with Crippen LogP contribution in [0.5, 0.6) is 11.5 Å². The number of nitrogens with zero attached hydrogens (tertiary/aromatic N) is 1. The topological polar surface area (TPSA) is 96.3 Å². The Morgan fingerprint density at radius 3 is 2.78 bits per heavy atom. The van der Waals surface area contributed by atoms with Gasteiger partial charge in [-0.2, -0.15) is 0 Å². The van der Waals surface area contributed by atoms with Gasteiger partial charge >= 0.3 is 5.97 Å². The lowest BCUT2D eigenvalue weighted by atomic mass is 9.82. The molecule has 3 aliphatic heterocycles. The molecule has 0 aromatic heterocycles. The van der Waals surface area contributed by atoms with Gasteiger partial charge in [0, 0.05) is 0 Å². The number of ether oxygens (including phenoxy) is 2. The van der Waals surface area contributed by atoms with E-state index in [0.29, 0.717) is 29.1 Å². The van der Waals surface area contributed by atoms with E-state index in [1.807, 2.05) is 0 Å². The number of β-lactam (4-membered cyclic amide) rings is 1. The molecule has 7 nitrogen and oxygen atoms in total. The Balaban J connectivity index is 1.76. The number of carboxylic acid groups (broad SMARTS) is 1. The number of carbonyl (C=O) groups is 2. The van der Waals surface area contributed by atoms with Gasteiger partial charge in [0.15, 0.2) is 11.5 Å². The molecule has 120 valence electrons. The van der Waals surface area contributed by atoms with Crippen molar-refractivity contribution in [2.45, 2.75) is 25.5 Å². The molecule has 3 aliphatic rings. The van der Waals surface area contributed by atoms with Crippen molar-refractivity contribution in [1.82, 2.24) is 4.90 Å². The van der Waals surface area contributed by atoms with Crippen LogP contribution in [-0.2, 0) is 9.59 Å². The largest absolute Gasteiger partial charge is 0.477 e. The second-order valence-electron chi connectivity index (χ2n) is 5.95. The van der Waals surface area contributed by atoms with Crippen LogP contribution in [0.1, 0.15) is 18.9 Å². The first kappa shape index (κ1) is 14.1. The predicted molar refractivity (Wildman–Crippen MR) is 77.5 cm³/mol. The fraction of sp³-hybridized carbons (Fsp3) is 0.375. The maximum absolute atomic E-state index is 12.2. The van der Waals surface area contributed by atoms with Crippen LogP contribution in [0.2, 0.25) is 0 Å². The Morgan fingerprint density at radius 1 is 1.35 bits per heavy atom. The van der Waals surface area contributed by atoms with Crippen molar-refractivity contribution < 1.29 is 29.3 Å². The van der Waals surface area contributed by atoms with Crippen molar-refractivity contribution in [3.63, 3.8) is 0 Å². The average molecular weight is 317 g/mol. The molecule has 4 rings (SSSR count). The second-order valence-corrected chi connectivity index (χ2v) is 5.95. The van der Waals surface area contributed by atoms with E-state index in [4.69, 9.17) is 9.47 Å². The molecule has 0 aliphatic carbocycles. The number of benzene rings is 1. The van der Waals surface area contributed by atoms with Crippen LogP contribution in [0.4, 0.5) is 0 Å². The Bertz CT molecular complexity index is 753. The zero-order chi connectivity index (χ0) is 16.3. The fourth-order valence-electron chi connectivity index (χ4n) is 3.61. The van der Waals surface area contributed by atoms with Crippen LogP contribution in [0.25, 0.3) is 5.57 Å². The van der Waals surface area contributed by atoms with E-state index >= 15 is 0 Å². The summed E-state index contributed by atoms with van der Waals surface area (Å²) in [7, 11) is 0. The van der Waals surface area contributed by atoms with Gasteiger partial charge in [0.25, 0.3) is 0 Å². The average Bonchev–Trinajstić information content (AvgIpc) is 3.07. The van der Waals surface area contributed by atoms with Gasteiger partial charge in [-0.3, -0.25) is 4.79 Å². The van der Waals surface area contributed by atoms with E-state index in [0.717, 1.165) is 0 Å². The number of aliphatic carboxylic acids is 1. The minimum Gasteiger partial charge on any atom is -0.477 e. The SMILES string of the molecule is C[C@@H](O)[C@H]1C(=O)N2C(C(=O)O)=C(c3ccc4c(c3)OCO4)C[C@H]12. The van der Waals surface area contributed by atoms with Crippen molar-refractivity contribution in [3.05, 3.63) is 29.5 Å². The Labute approximate surface area is 131 Å². The third-order valence-corrected chi connectivity index (χ3v) is 4.65. The number of amides is 1. The summed E-state index contributed by atoms with van der Waals surface area (Å²) in [6, 6.07) is 4.93. The lowest BCUT2D eigenvalue weighted by Crippen LogP contribution is -2.61. The smallest absolute Gasteiger partial charge is 0.352 e. The van der Waals surface area contributed by atoms with E-state index in [2.05, 4.69) is 0 Å². The highest BCUT2D eigenvalue weighted by Gasteiger charge is 2.56. The van der Waals surface area contributed by atoms with Gasteiger partial charge in [0.2, 0.25) is 12.7 Å². The van der Waals surface area contributed by atoms with E-state index in [1.165, 1.54) is 4.90 Å². The summed E-state index contributed by atoms with van der Waals surface area (Å²) in [5, 5.41) is 19.3. The summed E-state index contributed by atoms with van der Waals surface area (Å²) in [4.78, 5) is 25.1. The molecule has 3 atom stereocenters. The highest BCUT2D eigenvalue weighted by molar-refractivity contribution is 6.06.